The van der Waals surface area contributed by atoms with Gasteiger partial charge in [-0.2, -0.15) is 5.10 Å². The zero-order valence-electron chi connectivity index (χ0n) is 18.0. The predicted octanol–water partition coefficient (Wildman–Crippen LogP) is 3.71. The Bertz CT molecular complexity index is 917. The van der Waals surface area contributed by atoms with Crippen LogP contribution in [-0.4, -0.2) is 35.4 Å². The van der Waals surface area contributed by atoms with Crippen LogP contribution < -0.4 is 10.6 Å². The summed E-state index contributed by atoms with van der Waals surface area (Å²) in [5.74, 6) is 0.798. The third-order valence-corrected chi connectivity index (χ3v) is 4.67. The number of benzene rings is 2. The molecule has 158 valence electrons. The molecule has 0 unspecified atom stereocenters. The highest BCUT2D eigenvalue weighted by Gasteiger charge is 2.02. The van der Waals surface area contributed by atoms with E-state index in [9.17, 15) is 0 Å². The number of aliphatic imine (C=N–C) groups is 1. The van der Waals surface area contributed by atoms with E-state index in [1.54, 1.807) is 13.2 Å². The second kappa shape index (κ2) is 11.2. The molecule has 0 aliphatic heterocycles. The lowest BCUT2D eigenvalue weighted by atomic mass is 10.1. The monoisotopic (exact) mass is 405 g/mol. The minimum Gasteiger partial charge on any atom is -0.374 e. The maximum atomic E-state index is 5.69. The molecule has 0 saturated heterocycles. The maximum absolute atomic E-state index is 5.69. The minimum atomic E-state index is 0.233. The van der Waals surface area contributed by atoms with Crippen molar-refractivity contribution in [2.75, 3.05) is 13.6 Å². The van der Waals surface area contributed by atoms with E-state index in [-0.39, 0.29) is 6.10 Å². The molecule has 0 aliphatic rings. The van der Waals surface area contributed by atoms with Crippen LogP contribution in [-0.2, 0) is 24.3 Å². The van der Waals surface area contributed by atoms with Crippen molar-refractivity contribution in [2.45, 2.75) is 39.5 Å². The molecule has 0 amide bonds. The molecule has 1 heterocycles. The van der Waals surface area contributed by atoms with Crippen LogP contribution in [0.5, 0.6) is 0 Å². The highest BCUT2D eigenvalue weighted by molar-refractivity contribution is 5.79. The minimum absolute atomic E-state index is 0.233. The van der Waals surface area contributed by atoms with Gasteiger partial charge in [-0.05, 0) is 55.2 Å². The summed E-state index contributed by atoms with van der Waals surface area (Å²) < 4.78 is 7.55. The van der Waals surface area contributed by atoms with Gasteiger partial charge in [0.2, 0.25) is 0 Å². The van der Waals surface area contributed by atoms with Crippen molar-refractivity contribution < 1.29 is 4.74 Å². The van der Waals surface area contributed by atoms with E-state index in [2.05, 4.69) is 83.1 Å². The summed E-state index contributed by atoms with van der Waals surface area (Å²) in [6.45, 7) is 6.26. The molecule has 6 nitrogen and oxygen atoms in total. The van der Waals surface area contributed by atoms with Crippen LogP contribution in [0.15, 0.2) is 72.0 Å². The van der Waals surface area contributed by atoms with Crippen molar-refractivity contribution in [1.82, 2.24) is 20.4 Å². The Hall–Kier alpha value is -3.12. The first kappa shape index (κ1) is 21.6. The molecular formula is C24H31N5O. The number of hydrogen-bond acceptors (Lipinski definition) is 3. The van der Waals surface area contributed by atoms with E-state index < -0.39 is 0 Å². The SMILES string of the molecule is CN=C(NCCc1ccc(-n2cccn2)cc1)NCc1cccc(COC(C)C)c1. The molecule has 0 atom stereocenters. The Morgan fingerprint density at radius 1 is 1.03 bits per heavy atom. The molecule has 0 saturated carbocycles. The quantitative estimate of drug-likeness (QED) is 0.421. The molecule has 0 radical (unpaired) electrons. The van der Waals surface area contributed by atoms with Crippen molar-refractivity contribution >= 4 is 5.96 Å². The van der Waals surface area contributed by atoms with Gasteiger partial charge in [0.25, 0.3) is 0 Å². The Labute approximate surface area is 179 Å². The summed E-state index contributed by atoms with van der Waals surface area (Å²) in [7, 11) is 1.79. The molecule has 0 spiro atoms. The van der Waals surface area contributed by atoms with Crippen molar-refractivity contribution in [3.63, 3.8) is 0 Å². The number of ether oxygens (including phenoxy) is 1. The second-order valence-corrected chi connectivity index (χ2v) is 7.40. The molecule has 30 heavy (non-hydrogen) atoms. The molecule has 2 N–H and O–H groups in total. The molecule has 1 aromatic heterocycles. The standard InChI is InChI=1S/C24H31N5O/c1-19(2)30-18-22-7-4-6-21(16-22)17-27-24(25-3)26-14-12-20-8-10-23(11-9-20)29-15-5-13-28-29/h4-11,13,15-16,19H,12,14,17-18H2,1-3H3,(H2,25,26,27). The Morgan fingerprint density at radius 2 is 1.83 bits per heavy atom. The van der Waals surface area contributed by atoms with Gasteiger partial charge in [0.1, 0.15) is 0 Å². The van der Waals surface area contributed by atoms with Crippen LogP contribution in [0.2, 0.25) is 0 Å². The lowest BCUT2D eigenvalue weighted by Gasteiger charge is -2.13. The molecule has 0 aliphatic carbocycles. The van der Waals surface area contributed by atoms with Crippen LogP contribution in [0.4, 0.5) is 0 Å². The van der Waals surface area contributed by atoms with Crippen LogP contribution in [0, 0.1) is 0 Å². The van der Waals surface area contributed by atoms with E-state index in [4.69, 9.17) is 4.74 Å². The Kier molecular flexibility index (Phi) is 8.03. The molecule has 6 heteroatoms. The fraction of sp³-hybridized carbons (Fsp3) is 0.333. The first-order chi connectivity index (χ1) is 14.6. The third kappa shape index (κ3) is 6.74. The lowest BCUT2D eigenvalue weighted by molar-refractivity contribution is 0.0657. The number of guanidine groups is 1. The van der Waals surface area contributed by atoms with Gasteiger partial charge in [-0.15, -0.1) is 0 Å². The van der Waals surface area contributed by atoms with E-state index in [0.717, 1.165) is 24.6 Å². The van der Waals surface area contributed by atoms with Crippen LogP contribution in [0.25, 0.3) is 5.69 Å². The Morgan fingerprint density at radius 3 is 2.53 bits per heavy atom. The zero-order chi connectivity index (χ0) is 21.2. The number of nitrogens with zero attached hydrogens (tertiary/aromatic N) is 3. The summed E-state index contributed by atoms with van der Waals surface area (Å²) in [5.41, 5.74) is 4.73. The molecule has 2 aromatic carbocycles. The van der Waals surface area contributed by atoms with Crippen LogP contribution in [0.1, 0.15) is 30.5 Å². The number of hydrogen-bond donors (Lipinski definition) is 2. The summed E-state index contributed by atoms with van der Waals surface area (Å²) in [6, 6.07) is 18.8. The fourth-order valence-electron chi connectivity index (χ4n) is 3.06. The average molecular weight is 406 g/mol. The number of nitrogens with one attached hydrogen (secondary N) is 2. The van der Waals surface area contributed by atoms with E-state index >= 15 is 0 Å². The summed E-state index contributed by atoms with van der Waals surface area (Å²) in [6.07, 6.45) is 4.88. The molecular weight excluding hydrogens is 374 g/mol. The van der Waals surface area contributed by atoms with Gasteiger partial charge in [0, 0.05) is 32.5 Å². The van der Waals surface area contributed by atoms with Gasteiger partial charge in [-0.1, -0.05) is 36.4 Å². The van der Waals surface area contributed by atoms with Gasteiger partial charge in [0.15, 0.2) is 5.96 Å². The summed E-state index contributed by atoms with van der Waals surface area (Å²) in [4.78, 5) is 4.32. The summed E-state index contributed by atoms with van der Waals surface area (Å²) >= 11 is 0. The first-order valence-corrected chi connectivity index (χ1v) is 10.4. The molecule has 3 aromatic rings. The van der Waals surface area contributed by atoms with E-state index in [0.29, 0.717) is 13.2 Å². The molecule has 0 bridgehead atoms. The maximum Gasteiger partial charge on any atom is 0.191 e. The lowest BCUT2D eigenvalue weighted by Crippen LogP contribution is -2.37. The van der Waals surface area contributed by atoms with E-state index in [1.807, 2.05) is 16.9 Å². The topological polar surface area (TPSA) is 63.5 Å². The molecule has 0 fully saturated rings. The van der Waals surface area contributed by atoms with Crippen LogP contribution in [0.3, 0.4) is 0 Å². The van der Waals surface area contributed by atoms with Gasteiger partial charge in [-0.25, -0.2) is 4.68 Å². The fourth-order valence-corrected chi connectivity index (χ4v) is 3.06. The normalized spacial score (nSPS) is 11.7. The average Bonchev–Trinajstić information content (AvgIpc) is 3.30. The van der Waals surface area contributed by atoms with Crippen molar-refractivity contribution in [1.29, 1.82) is 0 Å². The van der Waals surface area contributed by atoms with Crippen molar-refractivity contribution in [2.24, 2.45) is 4.99 Å². The van der Waals surface area contributed by atoms with E-state index in [1.165, 1.54) is 16.7 Å². The highest BCUT2D eigenvalue weighted by Crippen LogP contribution is 2.09. The largest absolute Gasteiger partial charge is 0.374 e. The second-order valence-electron chi connectivity index (χ2n) is 7.40. The van der Waals surface area contributed by atoms with Crippen molar-refractivity contribution in [3.8, 4) is 5.69 Å². The number of aromatic nitrogens is 2. The van der Waals surface area contributed by atoms with Gasteiger partial charge < -0.3 is 15.4 Å². The smallest absolute Gasteiger partial charge is 0.191 e. The van der Waals surface area contributed by atoms with Crippen LogP contribution >= 0.6 is 0 Å². The highest BCUT2D eigenvalue weighted by atomic mass is 16.5. The van der Waals surface area contributed by atoms with Gasteiger partial charge >= 0.3 is 0 Å². The van der Waals surface area contributed by atoms with Gasteiger partial charge in [-0.3, -0.25) is 4.99 Å². The number of rotatable bonds is 9. The van der Waals surface area contributed by atoms with Gasteiger partial charge in [0.05, 0.1) is 18.4 Å². The Balaban J connectivity index is 1.43. The summed E-state index contributed by atoms with van der Waals surface area (Å²) in [5, 5.41) is 11.0. The third-order valence-electron chi connectivity index (χ3n) is 4.67. The predicted molar refractivity (Wildman–Crippen MR) is 122 cm³/mol. The zero-order valence-corrected chi connectivity index (χ0v) is 18.0. The first-order valence-electron chi connectivity index (χ1n) is 10.4. The van der Waals surface area contributed by atoms with Crippen molar-refractivity contribution in [3.05, 3.63) is 83.7 Å². The molecule has 3 rings (SSSR count).